The van der Waals surface area contributed by atoms with E-state index in [1.54, 1.807) is 12.1 Å². The summed E-state index contributed by atoms with van der Waals surface area (Å²) in [5.41, 5.74) is 0. The number of hydrogen-bond donors (Lipinski definition) is 0. The molecule has 0 spiro atoms. The molecule has 2 atom stereocenters. The van der Waals surface area contributed by atoms with E-state index in [-0.39, 0.29) is 106 Å². The molecule has 0 fully saturated rings. The van der Waals surface area contributed by atoms with E-state index in [4.69, 9.17) is 0 Å². The van der Waals surface area contributed by atoms with Crippen LogP contribution in [-0.4, -0.2) is 8.76 Å². The van der Waals surface area contributed by atoms with Crippen LogP contribution < -0.4 is 113 Å². The summed E-state index contributed by atoms with van der Waals surface area (Å²) in [6, 6.07) is 17.1. The molecule has 2 aromatic carbocycles. The van der Waals surface area contributed by atoms with Crippen molar-refractivity contribution in [3.63, 3.8) is 0 Å². The molecule has 0 amide bonds. The molecule has 0 bridgehead atoms. The van der Waals surface area contributed by atoms with Gasteiger partial charge in [0, 0.05) is 4.90 Å². The molecule has 0 saturated carbocycles. The smallest absolute Gasteiger partial charge is 1.00 e. The van der Waals surface area contributed by atoms with E-state index in [2.05, 4.69) is 12.1 Å². The van der Waals surface area contributed by atoms with Crippen LogP contribution in [0.3, 0.4) is 0 Å². The maximum atomic E-state index is 10.7. The molecule has 86 valence electrons. The van der Waals surface area contributed by atoms with Gasteiger partial charge in [-0.25, -0.2) is 0 Å². The van der Waals surface area contributed by atoms with Crippen molar-refractivity contribution >= 4 is 30.3 Å². The van der Waals surface area contributed by atoms with Crippen LogP contribution in [0.1, 0.15) is 2.85 Å². The minimum absolute atomic E-state index is 0. The van der Waals surface area contributed by atoms with Crippen molar-refractivity contribution in [1.82, 2.24) is 0 Å². The monoisotopic (exact) mass is 329 g/mol. The minimum atomic E-state index is -2.13. The summed E-state index contributed by atoms with van der Waals surface area (Å²) in [7, 11) is 0.566. The molecule has 0 N–H and O–H groups in total. The summed E-state index contributed by atoms with van der Waals surface area (Å²) in [5, 5.41) is 2.39. The van der Waals surface area contributed by atoms with Crippen molar-refractivity contribution in [2.24, 2.45) is 0 Å². The second kappa shape index (κ2) is 10.9. The molecule has 6 heteroatoms. The number of benzene rings is 2. The Bertz CT molecular complexity index is 501. The number of rotatable bonds is 3. The van der Waals surface area contributed by atoms with Crippen molar-refractivity contribution in [2.75, 3.05) is 0 Å². The zero-order valence-electron chi connectivity index (χ0n) is 12.4. The van der Waals surface area contributed by atoms with Gasteiger partial charge in [-0.2, -0.15) is 0 Å². The summed E-state index contributed by atoms with van der Waals surface area (Å²) in [4.78, 5) is 0.335. The second-order valence-corrected chi connectivity index (χ2v) is 5.60. The van der Waals surface area contributed by atoms with Crippen LogP contribution in [0.5, 0.6) is 0 Å². The average molecular weight is 329 g/mol. The van der Waals surface area contributed by atoms with Gasteiger partial charge in [-0.05, 0) is 33.8 Å². The van der Waals surface area contributed by atoms with Crippen LogP contribution in [0, 0.1) is 0 Å². The van der Waals surface area contributed by atoms with Crippen molar-refractivity contribution in [3.05, 3.63) is 54.6 Å². The Morgan fingerprint density at radius 3 is 1.89 bits per heavy atom. The fourth-order valence-corrected chi connectivity index (χ4v) is 2.72. The molecule has 18 heavy (non-hydrogen) atoms. The van der Waals surface area contributed by atoms with Gasteiger partial charge in [0.05, 0.1) is 0 Å². The Hall–Kier alpha value is 2.25. The van der Waals surface area contributed by atoms with Crippen LogP contribution in [0.4, 0.5) is 0 Å². The third kappa shape index (κ3) is 6.81. The van der Waals surface area contributed by atoms with E-state index in [0.717, 1.165) is 5.30 Å². The Morgan fingerprint density at radius 2 is 1.39 bits per heavy atom. The fourth-order valence-electron chi connectivity index (χ4n) is 1.34. The van der Waals surface area contributed by atoms with Gasteiger partial charge in [0.15, 0.2) is 0 Å². The molecule has 2 unspecified atom stereocenters. The standard InChI is InChI=1S/C12H11O2PS.2K.2H/c13-16(14)12-8-6-11(7-9-12)15-10-4-2-1-3-5-10;;;;/h1-9,15H,(H,13,14);;;;/q;2*+1;2*-1/p-1. The first-order valence-electron chi connectivity index (χ1n) is 4.77. The van der Waals surface area contributed by atoms with Gasteiger partial charge in [-0.15, -0.1) is 0 Å². The van der Waals surface area contributed by atoms with Crippen LogP contribution in [0.15, 0.2) is 59.5 Å². The maximum Gasteiger partial charge on any atom is 1.00 e. The van der Waals surface area contributed by atoms with Crippen LogP contribution >= 0.6 is 8.58 Å². The summed E-state index contributed by atoms with van der Waals surface area (Å²) in [6.07, 6.45) is 0. The van der Waals surface area contributed by atoms with Crippen LogP contribution in [-0.2, 0) is 11.1 Å². The molecule has 0 aliphatic carbocycles. The quantitative estimate of drug-likeness (QED) is 0.325. The van der Waals surface area contributed by atoms with Gasteiger partial charge in [0.2, 0.25) is 0 Å². The van der Waals surface area contributed by atoms with Crippen LogP contribution in [0.2, 0.25) is 0 Å². The molecule has 2 aromatic rings. The van der Waals surface area contributed by atoms with Crippen molar-refractivity contribution in [2.45, 2.75) is 4.90 Å². The predicted octanol–water partition coefficient (Wildman–Crippen LogP) is -4.21. The normalized spacial score (nSPS) is 11.6. The second-order valence-electron chi connectivity index (χ2n) is 3.25. The van der Waals surface area contributed by atoms with Crippen molar-refractivity contribution in [3.8, 4) is 0 Å². The van der Waals surface area contributed by atoms with E-state index in [1.165, 1.54) is 5.30 Å². The van der Waals surface area contributed by atoms with E-state index in [1.807, 2.05) is 30.3 Å². The molecular formula is C12H12K2O2PS-. The number of hydrogen-bond acceptors (Lipinski definition) is 2. The zero-order valence-corrected chi connectivity index (χ0v) is 18.5. The fraction of sp³-hybridized carbons (Fsp3) is 0. The van der Waals surface area contributed by atoms with E-state index >= 15 is 0 Å². The van der Waals surface area contributed by atoms with Crippen LogP contribution in [0.25, 0.3) is 0 Å². The third-order valence-electron chi connectivity index (χ3n) is 2.11. The summed E-state index contributed by atoms with van der Waals surface area (Å²) >= 11 is -2.13. The predicted molar refractivity (Wildman–Crippen MR) is 69.9 cm³/mol. The summed E-state index contributed by atoms with van der Waals surface area (Å²) in [5.74, 6) is 0. The maximum absolute atomic E-state index is 10.7. The Labute approximate surface area is 200 Å². The summed E-state index contributed by atoms with van der Waals surface area (Å²) < 4.78 is 21.3. The van der Waals surface area contributed by atoms with E-state index in [9.17, 15) is 8.76 Å². The van der Waals surface area contributed by atoms with Gasteiger partial charge in [-0.1, -0.05) is 51.0 Å². The topological polar surface area (TPSA) is 40.1 Å². The Balaban J connectivity index is -0.000000722. The average Bonchev–Trinajstić information content (AvgIpc) is 2.31. The first kappa shape index (κ1) is 20.3. The van der Waals surface area contributed by atoms with E-state index < -0.39 is 11.1 Å². The first-order chi connectivity index (χ1) is 7.75. The van der Waals surface area contributed by atoms with Gasteiger partial charge < -0.3 is 7.41 Å². The van der Waals surface area contributed by atoms with Gasteiger partial charge in [0.25, 0.3) is 0 Å². The molecule has 0 heterocycles. The largest absolute Gasteiger partial charge is 1.00 e. The SMILES string of the molecule is O=S([O-])c1ccc(Pc2ccccc2)cc1.[H-].[H-].[K+].[K+]. The molecule has 0 aromatic heterocycles. The van der Waals surface area contributed by atoms with Crippen molar-refractivity contribution in [1.29, 1.82) is 0 Å². The molecular weight excluding hydrogens is 317 g/mol. The minimum Gasteiger partial charge on any atom is -1.00 e. The van der Waals surface area contributed by atoms with Crippen molar-refractivity contribution < 1.29 is 114 Å². The summed E-state index contributed by atoms with van der Waals surface area (Å²) in [6.45, 7) is 0. The Kier molecular flexibility index (Phi) is 12.3. The molecule has 0 aliphatic heterocycles. The zero-order chi connectivity index (χ0) is 11.4. The van der Waals surface area contributed by atoms with Gasteiger partial charge in [-0.3, -0.25) is 4.21 Å². The first-order valence-corrected chi connectivity index (χ1v) is 6.84. The van der Waals surface area contributed by atoms with Gasteiger partial charge >= 0.3 is 103 Å². The molecule has 0 aliphatic rings. The molecule has 0 saturated heterocycles. The third-order valence-corrected chi connectivity index (χ3v) is 4.01. The Morgan fingerprint density at radius 1 is 0.889 bits per heavy atom. The molecule has 0 radical (unpaired) electrons. The molecule has 2 nitrogen and oxygen atoms in total. The van der Waals surface area contributed by atoms with E-state index in [0.29, 0.717) is 13.5 Å². The molecule has 2 rings (SSSR count). The van der Waals surface area contributed by atoms with Gasteiger partial charge in [0.1, 0.15) is 0 Å².